The molecule has 0 fully saturated rings. The lowest BCUT2D eigenvalue weighted by atomic mass is 10.0. The van der Waals surface area contributed by atoms with Gasteiger partial charge in [0.1, 0.15) is 17.9 Å². The summed E-state index contributed by atoms with van der Waals surface area (Å²) in [6.45, 7) is 7.53. The summed E-state index contributed by atoms with van der Waals surface area (Å²) >= 11 is 0. The minimum absolute atomic E-state index is 0.214. The van der Waals surface area contributed by atoms with Gasteiger partial charge >= 0.3 is 12.1 Å². The molecule has 1 N–H and O–H groups in total. The summed E-state index contributed by atoms with van der Waals surface area (Å²) in [6.07, 6.45) is 1.92. The maximum Gasteiger partial charge on any atom is 0.408 e. The first-order valence-electron chi connectivity index (χ1n) is 8.45. The molecule has 1 amide bonds. The Morgan fingerprint density at radius 1 is 1.28 bits per heavy atom. The van der Waals surface area contributed by atoms with E-state index in [1.54, 1.807) is 45.0 Å². The minimum Gasteiger partial charge on any atom is -0.464 e. The fourth-order valence-electron chi connectivity index (χ4n) is 2.09. The predicted molar refractivity (Wildman–Crippen MR) is 94.6 cm³/mol. The lowest BCUT2D eigenvalue weighted by Gasteiger charge is -2.23. The van der Waals surface area contributed by atoms with E-state index < -0.39 is 23.7 Å². The van der Waals surface area contributed by atoms with Gasteiger partial charge in [0.15, 0.2) is 0 Å². The van der Waals surface area contributed by atoms with Gasteiger partial charge in [-0.05, 0) is 38.8 Å². The molecule has 138 valence electrons. The van der Waals surface area contributed by atoms with Crippen LogP contribution >= 0.6 is 0 Å². The van der Waals surface area contributed by atoms with Crippen LogP contribution in [0.4, 0.5) is 4.79 Å². The average molecular weight is 349 g/mol. The number of hydrogen-bond donors (Lipinski definition) is 1. The molecule has 0 aliphatic carbocycles. The molecule has 1 atom stereocenters. The summed E-state index contributed by atoms with van der Waals surface area (Å²) < 4.78 is 10.4. The molecule has 0 bridgehead atoms. The van der Waals surface area contributed by atoms with Crippen LogP contribution < -0.4 is 5.32 Å². The van der Waals surface area contributed by atoms with Crippen molar-refractivity contribution in [3.05, 3.63) is 35.4 Å². The van der Waals surface area contributed by atoms with Gasteiger partial charge in [-0.1, -0.05) is 31.5 Å². The van der Waals surface area contributed by atoms with E-state index in [4.69, 9.17) is 9.47 Å². The standard InChI is InChI=1S/C19H27NO5/c1-5-6-10-24-17(22)16(20-18(23)25-19(2,3)4)12-14-8-7-9-15(11-14)13-21/h7-9,11,13,16H,5-6,10,12H2,1-4H3,(H,20,23). The fourth-order valence-corrected chi connectivity index (χ4v) is 2.09. The van der Waals surface area contributed by atoms with Gasteiger partial charge in [-0.2, -0.15) is 0 Å². The molecule has 1 aromatic carbocycles. The van der Waals surface area contributed by atoms with E-state index in [0.717, 1.165) is 24.7 Å². The van der Waals surface area contributed by atoms with Crippen molar-refractivity contribution in [2.24, 2.45) is 0 Å². The van der Waals surface area contributed by atoms with Crippen LogP contribution in [-0.4, -0.2) is 36.6 Å². The largest absolute Gasteiger partial charge is 0.464 e. The number of hydrogen-bond acceptors (Lipinski definition) is 5. The topological polar surface area (TPSA) is 81.7 Å². The van der Waals surface area contributed by atoms with Gasteiger partial charge in [0.25, 0.3) is 0 Å². The van der Waals surface area contributed by atoms with Gasteiger partial charge in [0.2, 0.25) is 0 Å². The number of carbonyl (C=O) groups excluding carboxylic acids is 3. The summed E-state index contributed by atoms with van der Waals surface area (Å²) in [5.74, 6) is -0.518. The number of benzene rings is 1. The fraction of sp³-hybridized carbons (Fsp3) is 0.526. The lowest BCUT2D eigenvalue weighted by molar-refractivity contribution is -0.146. The van der Waals surface area contributed by atoms with Crippen molar-refractivity contribution < 1.29 is 23.9 Å². The third-order valence-electron chi connectivity index (χ3n) is 3.24. The monoisotopic (exact) mass is 349 g/mol. The second-order valence-electron chi connectivity index (χ2n) is 6.79. The van der Waals surface area contributed by atoms with E-state index in [0.29, 0.717) is 12.2 Å². The molecule has 6 nitrogen and oxygen atoms in total. The molecule has 0 aliphatic heterocycles. The van der Waals surface area contributed by atoms with Crippen LogP contribution in [0.25, 0.3) is 0 Å². The molecule has 0 aliphatic rings. The normalized spacial score (nSPS) is 12.2. The molecular weight excluding hydrogens is 322 g/mol. The SMILES string of the molecule is CCCCOC(=O)C(Cc1cccc(C=O)c1)NC(=O)OC(C)(C)C. The van der Waals surface area contributed by atoms with E-state index >= 15 is 0 Å². The second kappa shape index (κ2) is 9.81. The molecule has 0 aromatic heterocycles. The zero-order valence-corrected chi connectivity index (χ0v) is 15.3. The Balaban J connectivity index is 2.83. The first kappa shape index (κ1) is 20.7. The van der Waals surface area contributed by atoms with Gasteiger partial charge in [-0.15, -0.1) is 0 Å². The van der Waals surface area contributed by atoms with Gasteiger partial charge < -0.3 is 14.8 Å². The number of alkyl carbamates (subject to hydrolysis) is 1. The summed E-state index contributed by atoms with van der Waals surface area (Å²) in [5.41, 5.74) is 0.587. The van der Waals surface area contributed by atoms with Gasteiger partial charge in [0, 0.05) is 12.0 Å². The highest BCUT2D eigenvalue weighted by molar-refractivity contribution is 5.82. The highest BCUT2D eigenvalue weighted by atomic mass is 16.6. The zero-order chi connectivity index (χ0) is 18.9. The van der Waals surface area contributed by atoms with Gasteiger partial charge in [-0.25, -0.2) is 9.59 Å². The molecule has 1 unspecified atom stereocenters. The summed E-state index contributed by atoms with van der Waals surface area (Å²) in [7, 11) is 0. The number of rotatable bonds is 8. The van der Waals surface area contributed by atoms with Crippen LogP contribution in [0.5, 0.6) is 0 Å². The second-order valence-corrected chi connectivity index (χ2v) is 6.79. The lowest BCUT2D eigenvalue weighted by Crippen LogP contribution is -2.45. The van der Waals surface area contributed by atoms with Crippen molar-refractivity contribution in [1.29, 1.82) is 0 Å². The van der Waals surface area contributed by atoms with Crippen LogP contribution in [0.2, 0.25) is 0 Å². The van der Waals surface area contributed by atoms with Crippen molar-refractivity contribution in [2.75, 3.05) is 6.61 Å². The van der Waals surface area contributed by atoms with Gasteiger partial charge in [0.05, 0.1) is 6.61 Å². The Hall–Kier alpha value is -2.37. The number of unbranched alkanes of at least 4 members (excludes halogenated alkanes) is 1. The molecular formula is C19H27NO5. The van der Waals surface area contributed by atoms with Crippen LogP contribution in [0.3, 0.4) is 0 Å². The van der Waals surface area contributed by atoms with Crippen molar-refractivity contribution in [2.45, 2.75) is 58.6 Å². The Kier molecular flexibility index (Phi) is 8.11. The van der Waals surface area contributed by atoms with Crippen LogP contribution in [0.15, 0.2) is 24.3 Å². The van der Waals surface area contributed by atoms with E-state index in [1.807, 2.05) is 6.92 Å². The number of aldehydes is 1. The van der Waals surface area contributed by atoms with Crippen LogP contribution in [0, 0.1) is 0 Å². The molecule has 0 heterocycles. The van der Waals surface area contributed by atoms with E-state index in [2.05, 4.69) is 5.32 Å². The molecule has 25 heavy (non-hydrogen) atoms. The van der Waals surface area contributed by atoms with E-state index in [9.17, 15) is 14.4 Å². The maximum atomic E-state index is 12.3. The quantitative estimate of drug-likeness (QED) is 0.442. The van der Waals surface area contributed by atoms with Crippen LogP contribution in [-0.2, 0) is 20.7 Å². The summed E-state index contributed by atoms with van der Waals surface area (Å²) in [4.78, 5) is 35.2. The van der Waals surface area contributed by atoms with Crippen molar-refractivity contribution in [3.63, 3.8) is 0 Å². The predicted octanol–water partition coefficient (Wildman–Crippen LogP) is 3.28. The third-order valence-corrected chi connectivity index (χ3v) is 3.24. The summed E-state index contributed by atoms with van der Waals surface area (Å²) in [6, 6.07) is 5.98. The van der Waals surface area contributed by atoms with Crippen molar-refractivity contribution >= 4 is 18.3 Å². The Bertz CT molecular complexity index is 592. The Morgan fingerprint density at radius 2 is 2.00 bits per heavy atom. The first-order chi connectivity index (χ1) is 11.7. The van der Waals surface area contributed by atoms with E-state index in [1.165, 1.54) is 0 Å². The van der Waals surface area contributed by atoms with E-state index in [-0.39, 0.29) is 6.42 Å². The maximum absolute atomic E-state index is 12.3. The van der Waals surface area contributed by atoms with Crippen molar-refractivity contribution in [1.82, 2.24) is 5.32 Å². The zero-order valence-electron chi connectivity index (χ0n) is 15.3. The smallest absolute Gasteiger partial charge is 0.408 e. The molecule has 1 rings (SSSR count). The molecule has 0 radical (unpaired) electrons. The number of esters is 1. The summed E-state index contributed by atoms with van der Waals surface area (Å²) in [5, 5.41) is 2.56. The molecule has 0 saturated carbocycles. The minimum atomic E-state index is -0.881. The molecule has 1 aromatic rings. The highest BCUT2D eigenvalue weighted by Gasteiger charge is 2.25. The number of ether oxygens (including phenoxy) is 2. The number of carbonyl (C=O) groups is 3. The number of nitrogens with one attached hydrogen (secondary N) is 1. The van der Waals surface area contributed by atoms with Crippen LogP contribution in [0.1, 0.15) is 56.5 Å². The Labute approximate surface area is 148 Å². The average Bonchev–Trinajstić information content (AvgIpc) is 2.52. The van der Waals surface area contributed by atoms with Crippen molar-refractivity contribution in [3.8, 4) is 0 Å². The molecule has 6 heteroatoms. The van der Waals surface area contributed by atoms with Gasteiger partial charge in [-0.3, -0.25) is 4.79 Å². The highest BCUT2D eigenvalue weighted by Crippen LogP contribution is 2.10. The number of amides is 1. The molecule has 0 spiro atoms. The third kappa shape index (κ3) is 8.33. The molecule has 0 saturated heterocycles. The Morgan fingerprint density at radius 3 is 2.60 bits per heavy atom. The first-order valence-corrected chi connectivity index (χ1v) is 8.45.